The second-order valence-electron chi connectivity index (χ2n) is 8.77. The number of halogens is 1. The number of amides is 1. The van der Waals surface area contributed by atoms with Gasteiger partial charge in [-0.15, -0.1) is 0 Å². The van der Waals surface area contributed by atoms with Crippen LogP contribution in [0.15, 0.2) is 28.7 Å². The molecule has 0 spiro atoms. The number of carbonyl (C=O) groups excluding carboxylic acids is 1. The molecule has 0 radical (unpaired) electrons. The fourth-order valence-corrected chi connectivity index (χ4v) is 5.67. The van der Waals surface area contributed by atoms with Crippen molar-refractivity contribution in [2.24, 2.45) is 0 Å². The van der Waals surface area contributed by atoms with Crippen LogP contribution < -0.4 is 5.32 Å². The molecule has 0 bridgehead atoms. The van der Waals surface area contributed by atoms with Crippen LogP contribution in [-0.2, 0) is 19.7 Å². The van der Waals surface area contributed by atoms with E-state index in [0.717, 1.165) is 55.7 Å². The first kappa shape index (κ1) is 21.3. The number of ether oxygens (including phenoxy) is 2. The lowest BCUT2D eigenvalue weighted by Gasteiger charge is -2.48. The predicted octanol–water partition coefficient (Wildman–Crippen LogP) is 3.65. The van der Waals surface area contributed by atoms with E-state index in [0.29, 0.717) is 13.2 Å². The second-order valence-corrected chi connectivity index (χ2v) is 9.68. The van der Waals surface area contributed by atoms with E-state index in [9.17, 15) is 4.79 Å². The van der Waals surface area contributed by atoms with Crippen LogP contribution in [0, 0.1) is 0 Å². The highest BCUT2D eigenvalue weighted by molar-refractivity contribution is 9.10. The minimum absolute atomic E-state index is 0.0871. The molecule has 1 aromatic carbocycles. The van der Waals surface area contributed by atoms with Gasteiger partial charge in [0, 0.05) is 42.9 Å². The number of carbonyl (C=O) groups is 1. The molecule has 2 heterocycles. The first-order valence-electron chi connectivity index (χ1n) is 11.1. The van der Waals surface area contributed by atoms with Crippen molar-refractivity contribution in [3.05, 3.63) is 34.3 Å². The summed E-state index contributed by atoms with van der Waals surface area (Å²) in [6.07, 6.45) is 7.62. The monoisotopic (exact) mass is 464 g/mol. The molecule has 3 aliphatic rings. The largest absolute Gasteiger partial charge is 0.381 e. The van der Waals surface area contributed by atoms with Gasteiger partial charge in [-0.05, 0) is 43.4 Å². The number of hydrogen-bond acceptors (Lipinski definition) is 4. The summed E-state index contributed by atoms with van der Waals surface area (Å²) < 4.78 is 12.3. The quantitative estimate of drug-likeness (QED) is 0.722. The van der Waals surface area contributed by atoms with Crippen molar-refractivity contribution < 1.29 is 14.3 Å². The van der Waals surface area contributed by atoms with E-state index in [1.807, 2.05) is 12.1 Å². The van der Waals surface area contributed by atoms with Gasteiger partial charge in [0.05, 0.1) is 18.6 Å². The third kappa shape index (κ3) is 4.55. The molecule has 1 aromatic rings. The molecular formula is C23H33BrN2O3. The summed E-state index contributed by atoms with van der Waals surface area (Å²) in [7, 11) is 0. The van der Waals surface area contributed by atoms with Crippen LogP contribution in [0.1, 0.15) is 50.5 Å². The Kier molecular flexibility index (Phi) is 6.94. The molecule has 1 aliphatic carbocycles. The summed E-state index contributed by atoms with van der Waals surface area (Å²) in [4.78, 5) is 16.2. The number of rotatable bonds is 5. The topological polar surface area (TPSA) is 50.8 Å². The summed E-state index contributed by atoms with van der Waals surface area (Å²) in [5.41, 5.74) is 0.703. The lowest BCUT2D eigenvalue weighted by Crippen LogP contribution is -2.61. The average molecular weight is 465 g/mol. The van der Waals surface area contributed by atoms with Gasteiger partial charge in [-0.2, -0.15) is 0 Å². The molecular weight excluding hydrogens is 432 g/mol. The van der Waals surface area contributed by atoms with Gasteiger partial charge < -0.3 is 14.8 Å². The van der Waals surface area contributed by atoms with Gasteiger partial charge >= 0.3 is 0 Å². The Labute approximate surface area is 182 Å². The highest BCUT2D eigenvalue weighted by Crippen LogP contribution is 2.37. The Hall–Kier alpha value is -0.950. The van der Waals surface area contributed by atoms with Gasteiger partial charge in [0.1, 0.15) is 0 Å². The van der Waals surface area contributed by atoms with E-state index in [1.165, 1.54) is 32.1 Å². The van der Waals surface area contributed by atoms with E-state index in [-0.39, 0.29) is 11.4 Å². The minimum atomic E-state index is -0.486. The molecule has 1 amide bonds. The lowest BCUT2D eigenvalue weighted by molar-refractivity contribution is -0.131. The molecule has 160 valence electrons. The maximum atomic E-state index is 13.7. The molecule has 0 aromatic heterocycles. The van der Waals surface area contributed by atoms with Crippen LogP contribution in [0.4, 0.5) is 0 Å². The second kappa shape index (κ2) is 9.46. The van der Waals surface area contributed by atoms with Crippen molar-refractivity contribution in [3.8, 4) is 0 Å². The zero-order valence-electron chi connectivity index (χ0n) is 17.3. The van der Waals surface area contributed by atoms with Crippen LogP contribution in [0.2, 0.25) is 0 Å². The highest BCUT2D eigenvalue weighted by Gasteiger charge is 2.44. The molecule has 0 unspecified atom stereocenters. The fraction of sp³-hybridized carbons (Fsp3) is 0.696. The molecule has 2 aliphatic heterocycles. The molecule has 0 atom stereocenters. The number of nitrogens with zero attached hydrogens (tertiary/aromatic N) is 1. The molecule has 29 heavy (non-hydrogen) atoms. The SMILES string of the molecule is O=C(NCC1(N2CCOCC2)CCCCC1)C1(c2ccc(Br)cc2)CCOCC1. The van der Waals surface area contributed by atoms with Crippen LogP contribution in [0.25, 0.3) is 0 Å². The summed E-state index contributed by atoms with van der Waals surface area (Å²) in [5, 5.41) is 3.43. The highest BCUT2D eigenvalue weighted by atomic mass is 79.9. The maximum absolute atomic E-state index is 13.7. The molecule has 1 N–H and O–H groups in total. The van der Waals surface area contributed by atoms with Crippen molar-refractivity contribution >= 4 is 21.8 Å². The molecule has 3 fully saturated rings. The van der Waals surface area contributed by atoms with E-state index >= 15 is 0 Å². The standard InChI is InChI=1S/C23H33BrN2O3/c24-20-6-4-19(5-7-20)23(10-14-28-15-11-23)21(27)25-18-22(8-2-1-3-9-22)26-12-16-29-17-13-26/h4-7H,1-3,8-18H2,(H,25,27). The van der Waals surface area contributed by atoms with Crippen LogP contribution in [0.5, 0.6) is 0 Å². The third-order valence-corrected chi connectivity index (χ3v) is 7.75. The van der Waals surface area contributed by atoms with Crippen molar-refractivity contribution in [2.75, 3.05) is 46.1 Å². The minimum Gasteiger partial charge on any atom is -0.381 e. The first-order chi connectivity index (χ1) is 14.1. The summed E-state index contributed by atoms with van der Waals surface area (Å²) >= 11 is 3.52. The van der Waals surface area contributed by atoms with Crippen molar-refractivity contribution in [1.29, 1.82) is 0 Å². The van der Waals surface area contributed by atoms with Gasteiger partial charge in [0.25, 0.3) is 0 Å². The van der Waals surface area contributed by atoms with E-state index in [4.69, 9.17) is 9.47 Å². The summed E-state index contributed by atoms with van der Waals surface area (Å²) in [6, 6.07) is 8.26. The number of hydrogen-bond donors (Lipinski definition) is 1. The average Bonchev–Trinajstić information content (AvgIpc) is 2.79. The van der Waals surface area contributed by atoms with Gasteiger partial charge in [0.2, 0.25) is 5.91 Å². The summed E-state index contributed by atoms with van der Waals surface area (Å²) in [5.74, 6) is 0.168. The molecule has 5 nitrogen and oxygen atoms in total. The molecule has 4 rings (SSSR count). The van der Waals surface area contributed by atoms with E-state index in [2.05, 4.69) is 38.3 Å². The number of morpholine rings is 1. The maximum Gasteiger partial charge on any atom is 0.230 e. The Bertz CT molecular complexity index is 676. The van der Waals surface area contributed by atoms with Gasteiger partial charge in [-0.25, -0.2) is 0 Å². The van der Waals surface area contributed by atoms with Gasteiger partial charge in [-0.1, -0.05) is 47.3 Å². The number of nitrogens with one attached hydrogen (secondary N) is 1. The van der Waals surface area contributed by atoms with E-state index < -0.39 is 5.41 Å². The Morgan fingerprint density at radius 3 is 2.21 bits per heavy atom. The summed E-state index contributed by atoms with van der Waals surface area (Å²) in [6.45, 7) is 5.57. The molecule has 6 heteroatoms. The predicted molar refractivity (Wildman–Crippen MR) is 117 cm³/mol. The zero-order valence-corrected chi connectivity index (χ0v) is 18.8. The first-order valence-corrected chi connectivity index (χ1v) is 11.9. The Morgan fingerprint density at radius 1 is 0.931 bits per heavy atom. The van der Waals surface area contributed by atoms with Crippen LogP contribution in [-0.4, -0.2) is 62.4 Å². The van der Waals surface area contributed by atoms with Gasteiger partial charge in [0.15, 0.2) is 0 Å². The van der Waals surface area contributed by atoms with Crippen LogP contribution in [0.3, 0.4) is 0 Å². The fourth-order valence-electron chi connectivity index (χ4n) is 5.40. The van der Waals surface area contributed by atoms with Crippen molar-refractivity contribution in [2.45, 2.75) is 55.9 Å². The molecule has 2 saturated heterocycles. The van der Waals surface area contributed by atoms with Crippen molar-refractivity contribution in [1.82, 2.24) is 10.2 Å². The Morgan fingerprint density at radius 2 is 1.55 bits per heavy atom. The smallest absolute Gasteiger partial charge is 0.230 e. The lowest BCUT2D eigenvalue weighted by atomic mass is 9.73. The Balaban J connectivity index is 1.52. The van der Waals surface area contributed by atoms with Crippen molar-refractivity contribution in [3.63, 3.8) is 0 Å². The molecule has 1 saturated carbocycles. The van der Waals surface area contributed by atoms with Crippen LogP contribution >= 0.6 is 15.9 Å². The third-order valence-electron chi connectivity index (χ3n) is 7.22. The normalized spacial score (nSPS) is 24.7. The van der Waals surface area contributed by atoms with Gasteiger partial charge in [-0.3, -0.25) is 9.69 Å². The zero-order chi connectivity index (χ0) is 20.2. The van der Waals surface area contributed by atoms with E-state index in [1.54, 1.807) is 0 Å². The number of benzene rings is 1.